The van der Waals surface area contributed by atoms with Crippen LogP contribution in [0.25, 0.3) is 5.82 Å². The topological polar surface area (TPSA) is 69.0 Å². The third kappa shape index (κ3) is 3.68. The van der Waals surface area contributed by atoms with E-state index in [0.29, 0.717) is 11.4 Å². The number of amides is 1. The van der Waals surface area contributed by atoms with E-state index in [9.17, 15) is 4.79 Å². The summed E-state index contributed by atoms with van der Waals surface area (Å²) in [5.41, 5.74) is 2.56. The molecule has 0 aliphatic heterocycles. The van der Waals surface area contributed by atoms with E-state index in [4.69, 9.17) is 4.74 Å². The van der Waals surface area contributed by atoms with E-state index in [-0.39, 0.29) is 11.9 Å². The van der Waals surface area contributed by atoms with E-state index in [1.165, 1.54) is 0 Å². The SMILES string of the molecule is COc1ccc(C)cc1C(C)NC(=O)c1ccc(-n2ccnc2)nc1. The van der Waals surface area contributed by atoms with Crippen LogP contribution in [0.4, 0.5) is 0 Å². The van der Waals surface area contributed by atoms with Crippen molar-refractivity contribution < 1.29 is 9.53 Å². The minimum Gasteiger partial charge on any atom is -0.496 e. The van der Waals surface area contributed by atoms with Crippen LogP contribution in [-0.4, -0.2) is 27.6 Å². The number of methoxy groups -OCH3 is 1. The molecule has 1 amide bonds. The minimum absolute atomic E-state index is 0.180. The van der Waals surface area contributed by atoms with Gasteiger partial charge in [0.2, 0.25) is 0 Å². The summed E-state index contributed by atoms with van der Waals surface area (Å²) in [7, 11) is 1.63. The Morgan fingerprint density at radius 3 is 2.76 bits per heavy atom. The van der Waals surface area contributed by atoms with Crippen LogP contribution in [0.3, 0.4) is 0 Å². The number of carbonyl (C=O) groups is 1. The molecule has 1 N–H and O–H groups in total. The number of rotatable bonds is 5. The summed E-state index contributed by atoms with van der Waals surface area (Å²) >= 11 is 0. The maximum absolute atomic E-state index is 12.5. The highest BCUT2D eigenvalue weighted by Gasteiger charge is 2.15. The van der Waals surface area contributed by atoms with Crippen molar-refractivity contribution in [3.05, 3.63) is 71.9 Å². The lowest BCUT2D eigenvalue weighted by atomic mass is 10.0. The van der Waals surface area contributed by atoms with Gasteiger partial charge in [-0.25, -0.2) is 9.97 Å². The second kappa shape index (κ2) is 7.17. The van der Waals surface area contributed by atoms with E-state index in [2.05, 4.69) is 15.3 Å². The highest BCUT2D eigenvalue weighted by atomic mass is 16.5. The van der Waals surface area contributed by atoms with Crippen LogP contribution in [0, 0.1) is 6.92 Å². The molecule has 0 saturated heterocycles. The summed E-state index contributed by atoms with van der Waals surface area (Å²) in [6, 6.07) is 9.26. The summed E-state index contributed by atoms with van der Waals surface area (Å²) in [5.74, 6) is 1.29. The van der Waals surface area contributed by atoms with E-state index < -0.39 is 0 Å². The van der Waals surface area contributed by atoms with Crippen molar-refractivity contribution in [2.24, 2.45) is 0 Å². The molecule has 0 saturated carbocycles. The zero-order chi connectivity index (χ0) is 17.8. The van der Waals surface area contributed by atoms with Gasteiger partial charge in [-0.15, -0.1) is 0 Å². The van der Waals surface area contributed by atoms with Gasteiger partial charge in [-0.3, -0.25) is 9.36 Å². The quantitative estimate of drug-likeness (QED) is 0.777. The number of imidazole rings is 1. The number of carbonyl (C=O) groups excluding carboxylic acids is 1. The van der Waals surface area contributed by atoms with Gasteiger partial charge in [0.05, 0.1) is 18.7 Å². The van der Waals surface area contributed by atoms with Crippen molar-refractivity contribution in [2.45, 2.75) is 19.9 Å². The van der Waals surface area contributed by atoms with Crippen molar-refractivity contribution in [1.82, 2.24) is 19.9 Å². The third-order valence-electron chi connectivity index (χ3n) is 3.98. The van der Waals surface area contributed by atoms with Gasteiger partial charge in [0.1, 0.15) is 17.9 Å². The van der Waals surface area contributed by atoms with Gasteiger partial charge < -0.3 is 10.1 Å². The number of nitrogens with one attached hydrogen (secondary N) is 1. The fourth-order valence-corrected chi connectivity index (χ4v) is 2.62. The fourth-order valence-electron chi connectivity index (χ4n) is 2.62. The molecule has 128 valence electrons. The highest BCUT2D eigenvalue weighted by molar-refractivity contribution is 5.94. The standard InChI is InChI=1S/C19H20N4O2/c1-13-4-6-17(25-3)16(10-13)14(2)22-19(24)15-5-7-18(21-11-15)23-9-8-20-12-23/h4-12,14H,1-3H3,(H,22,24). The summed E-state index contributed by atoms with van der Waals surface area (Å²) in [5, 5.41) is 2.99. The molecule has 2 aromatic heterocycles. The molecule has 3 aromatic rings. The predicted octanol–water partition coefficient (Wildman–Crippen LogP) is 3.08. The molecule has 0 spiro atoms. The molecule has 6 heteroatoms. The largest absolute Gasteiger partial charge is 0.496 e. The van der Waals surface area contributed by atoms with Crippen LogP contribution in [0.5, 0.6) is 5.75 Å². The summed E-state index contributed by atoms with van der Waals surface area (Å²) in [6.07, 6.45) is 6.70. The van der Waals surface area contributed by atoms with Crippen molar-refractivity contribution in [1.29, 1.82) is 0 Å². The molecule has 0 aliphatic rings. The number of hydrogen-bond acceptors (Lipinski definition) is 4. The smallest absolute Gasteiger partial charge is 0.253 e. The lowest BCUT2D eigenvalue weighted by molar-refractivity contribution is 0.0939. The monoisotopic (exact) mass is 336 g/mol. The fraction of sp³-hybridized carbons (Fsp3) is 0.211. The zero-order valence-electron chi connectivity index (χ0n) is 14.4. The summed E-state index contributed by atoms with van der Waals surface area (Å²) in [6.45, 7) is 3.94. The van der Waals surface area contributed by atoms with Crippen LogP contribution in [0.15, 0.2) is 55.2 Å². The molecule has 0 bridgehead atoms. The first kappa shape index (κ1) is 16.7. The third-order valence-corrected chi connectivity index (χ3v) is 3.98. The van der Waals surface area contributed by atoms with Gasteiger partial charge in [-0.1, -0.05) is 17.7 Å². The van der Waals surface area contributed by atoms with Crippen LogP contribution in [0.1, 0.15) is 34.5 Å². The predicted molar refractivity (Wildman–Crippen MR) is 95.0 cm³/mol. The molecule has 25 heavy (non-hydrogen) atoms. The van der Waals surface area contributed by atoms with Crippen LogP contribution >= 0.6 is 0 Å². The van der Waals surface area contributed by atoms with Crippen LogP contribution in [0.2, 0.25) is 0 Å². The summed E-state index contributed by atoms with van der Waals surface area (Å²) < 4.78 is 7.17. The zero-order valence-corrected chi connectivity index (χ0v) is 14.4. The molecule has 6 nitrogen and oxygen atoms in total. The average molecular weight is 336 g/mol. The second-order valence-electron chi connectivity index (χ2n) is 5.82. The minimum atomic E-state index is -0.185. The molecule has 1 unspecified atom stereocenters. The maximum atomic E-state index is 12.5. The Kier molecular flexibility index (Phi) is 4.79. The Morgan fingerprint density at radius 2 is 2.12 bits per heavy atom. The normalized spacial score (nSPS) is 11.8. The first-order valence-electron chi connectivity index (χ1n) is 7.98. The molecular weight excluding hydrogens is 316 g/mol. The molecule has 0 aliphatic carbocycles. The highest BCUT2D eigenvalue weighted by Crippen LogP contribution is 2.26. The molecule has 0 fully saturated rings. The molecule has 1 atom stereocenters. The van der Waals surface area contributed by atoms with Gasteiger partial charge in [0.15, 0.2) is 0 Å². The molecule has 2 heterocycles. The number of aromatic nitrogens is 3. The van der Waals surface area contributed by atoms with Gasteiger partial charge >= 0.3 is 0 Å². The van der Waals surface area contributed by atoms with Crippen molar-refractivity contribution >= 4 is 5.91 Å². The molecule has 0 radical (unpaired) electrons. The molecule has 3 rings (SSSR count). The first-order chi connectivity index (χ1) is 12.1. The van der Waals surface area contributed by atoms with E-state index in [0.717, 1.165) is 16.9 Å². The van der Waals surface area contributed by atoms with E-state index in [1.807, 2.05) is 32.0 Å². The van der Waals surface area contributed by atoms with Crippen molar-refractivity contribution in [3.8, 4) is 11.6 Å². The number of hydrogen-bond donors (Lipinski definition) is 1. The maximum Gasteiger partial charge on any atom is 0.253 e. The lowest BCUT2D eigenvalue weighted by Gasteiger charge is -2.18. The number of benzene rings is 1. The van der Waals surface area contributed by atoms with Crippen LogP contribution < -0.4 is 10.1 Å². The number of nitrogens with zero attached hydrogens (tertiary/aromatic N) is 3. The number of aryl methyl sites for hydroxylation is 1. The van der Waals surface area contributed by atoms with Gasteiger partial charge in [-0.2, -0.15) is 0 Å². The molecular formula is C19H20N4O2. The van der Waals surface area contributed by atoms with Crippen molar-refractivity contribution in [3.63, 3.8) is 0 Å². The summed E-state index contributed by atoms with van der Waals surface area (Å²) in [4.78, 5) is 20.8. The van der Waals surface area contributed by atoms with E-state index in [1.54, 1.807) is 48.7 Å². The Hall–Kier alpha value is -3.15. The Labute approximate surface area is 146 Å². The van der Waals surface area contributed by atoms with Crippen LogP contribution in [-0.2, 0) is 0 Å². The number of pyridine rings is 1. The lowest BCUT2D eigenvalue weighted by Crippen LogP contribution is -2.27. The number of ether oxygens (including phenoxy) is 1. The molecule has 1 aromatic carbocycles. The van der Waals surface area contributed by atoms with Crippen molar-refractivity contribution in [2.75, 3.05) is 7.11 Å². The Balaban J connectivity index is 1.74. The van der Waals surface area contributed by atoms with Gasteiger partial charge in [-0.05, 0) is 32.0 Å². The first-order valence-corrected chi connectivity index (χ1v) is 7.98. The average Bonchev–Trinajstić information content (AvgIpc) is 3.16. The Bertz CT molecular complexity index is 858. The van der Waals surface area contributed by atoms with E-state index >= 15 is 0 Å². The Morgan fingerprint density at radius 1 is 1.28 bits per heavy atom. The van der Waals surface area contributed by atoms with Gasteiger partial charge in [0.25, 0.3) is 5.91 Å². The second-order valence-corrected chi connectivity index (χ2v) is 5.82. The van der Waals surface area contributed by atoms with Gasteiger partial charge in [0, 0.05) is 24.2 Å².